The summed E-state index contributed by atoms with van der Waals surface area (Å²) in [6.07, 6.45) is 6.42. The third-order valence-corrected chi connectivity index (χ3v) is 5.05. The molecule has 2 rings (SSSR count). The highest BCUT2D eigenvalue weighted by atomic mass is 16.4. The second-order valence-corrected chi connectivity index (χ2v) is 7.88. The van der Waals surface area contributed by atoms with Crippen molar-refractivity contribution in [1.29, 1.82) is 0 Å². The largest absolute Gasteiger partial charge is 0.478 e. The molecule has 0 saturated heterocycles. The topological polar surface area (TPSA) is 125 Å². The average molecular weight is 397 g/mol. The number of carbonyl (C=O) groups is 2. The zero-order valence-electron chi connectivity index (χ0n) is 17.1. The lowest BCUT2D eigenvalue weighted by Gasteiger charge is -2.44. The number of carbonyl (C=O) groups excluding carboxylic acids is 1. The van der Waals surface area contributed by atoms with Gasteiger partial charge in [0, 0.05) is 22.7 Å². The van der Waals surface area contributed by atoms with Crippen LogP contribution in [-0.4, -0.2) is 33.4 Å². The Kier molecular flexibility index (Phi) is 6.44. The molecule has 0 radical (unpaired) electrons. The first-order valence-electron chi connectivity index (χ1n) is 9.19. The summed E-state index contributed by atoms with van der Waals surface area (Å²) < 4.78 is 0. The molecule has 0 saturated carbocycles. The van der Waals surface area contributed by atoms with Crippen LogP contribution < -0.4 is 11.2 Å². The Hall–Kier alpha value is -3.19. The molecule has 1 atom stereocenters. The lowest BCUT2D eigenvalue weighted by atomic mass is 9.64. The molecule has 0 spiro atoms. The molecule has 0 heterocycles. The van der Waals surface area contributed by atoms with Gasteiger partial charge in [-0.25, -0.2) is 10.2 Å². The molecule has 0 unspecified atom stereocenters. The number of benzene rings is 1. The molecule has 7 heteroatoms. The van der Waals surface area contributed by atoms with Crippen LogP contribution >= 0.6 is 0 Å². The summed E-state index contributed by atoms with van der Waals surface area (Å²) in [5, 5.41) is 24.3. The van der Waals surface area contributed by atoms with Crippen LogP contribution in [0.25, 0.3) is 0 Å². The summed E-state index contributed by atoms with van der Waals surface area (Å²) >= 11 is 0. The average Bonchev–Trinajstić information content (AvgIpc) is 2.62. The normalized spacial score (nSPS) is 23.1. The number of nitrogens with zero attached hydrogens (tertiary/aromatic N) is 1. The number of rotatable bonds is 5. The van der Waals surface area contributed by atoms with Gasteiger partial charge < -0.3 is 15.9 Å². The standard InChI is InChI=1S/C22H27N3O4/c1-14(11-19(26)27)9-10-22(29)15(2)12-18(13-21(22,3)4)24-25-20(28)16-5-7-17(23)8-6-16/h5-12,29H,13,23H2,1-4H3,(H,25,28)(H,26,27)/b10-9+,14-11-,24-18+/t22-/m1/s1. The molecule has 1 amide bonds. The Balaban J connectivity index is 2.24. The van der Waals surface area contributed by atoms with Crippen LogP contribution in [0.1, 0.15) is 44.5 Å². The van der Waals surface area contributed by atoms with Gasteiger partial charge in [0.2, 0.25) is 0 Å². The number of carboxylic acids is 1. The maximum atomic E-state index is 12.2. The number of nitrogens with one attached hydrogen (secondary N) is 1. The van der Waals surface area contributed by atoms with E-state index >= 15 is 0 Å². The van der Waals surface area contributed by atoms with Crippen molar-refractivity contribution >= 4 is 23.3 Å². The predicted octanol–water partition coefficient (Wildman–Crippen LogP) is 3.05. The monoisotopic (exact) mass is 397 g/mol. The van der Waals surface area contributed by atoms with Crippen molar-refractivity contribution in [3.8, 4) is 0 Å². The lowest BCUT2D eigenvalue weighted by molar-refractivity contribution is -0.131. The number of nitrogen functional groups attached to an aromatic ring is 1. The summed E-state index contributed by atoms with van der Waals surface area (Å²) in [5.74, 6) is -1.39. The van der Waals surface area contributed by atoms with Crippen molar-refractivity contribution in [2.75, 3.05) is 5.73 Å². The van der Waals surface area contributed by atoms with Crippen LogP contribution in [0.5, 0.6) is 0 Å². The first-order valence-corrected chi connectivity index (χ1v) is 9.19. The van der Waals surface area contributed by atoms with Crippen LogP contribution in [0, 0.1) is 5.41 Å². The van der Waals surface area contributed by atoms with E-state index in [0.29, 0.717) is 34.5 Å². The Morgan fingerprint density at radius 1 is 1.24 bits per heavy atom. The molecule has 5 N–H and O–H groups in total. The van der Waals surface area contributed by atoms with E-state index in [0.717, 1.165) is 6.08 Å². The van der Waals surface area contributed by atoms with Crippen molar-refractivity contribution in [3.05, 3.63) is 65.3 Å². The number of aliphatic hydroxyl groups is 1. The molecule has 7 nitrogen and oxygen atoms in total. The second-order valence-electron chi connectivity index (χ2n) is 7.88. The predicted molar refractivity (Wildman–Crippen MR) is 113 cm³/mol. The van der Waals surface area contributed by atoms with Gasteiger partial charge in [-0.2, -0.15) is 5.10 Å². The van der Waals surface area contributed by atoms with Crippen molar-refractivity contribution in [3.63, 3.8) is 0 Å². The molecule has 1 aliphatic rings. The van der Waals surface area contributed by atoms with Crippen molar-refractivity contribution in [2.24, 2.45) is 10.5 Å². The first-order chi connectivity index (χ1) is 13.4. The molecule has 1 aromatic carbocycles. The van der Waals surface area contributed by atoms with Crippen LogP contribution in [0.2, 0.25) is 0 Å². The smallest absolute Gasteiger partial charge is 0.328 e. The van der Waals surface area contributed by atoms with Gasteiger partial charge in [0.15, 0.2) is 0 Å². The molecule has 0 aliphatic heterocycles. The van der Waals surface area contributed by atoms with Crippen molar-refractivity contribution < 1.29 is 19.8 Å². The number of hydrogen-bond acceptors (Lipinski definition) is 5. The SMILES string of the molecule is CC1=C/C(=N\NC(=O)c2ccc(N)cc2)CC(C)(C)[C@@]1(O)/C=C/C(C)=C\C(=O)O. The van der Waals surface area contributed by atoms with E-state index in [4.69, 9.17) is 10.8 Å². The van der Waals surface area contributed by atoms with E-state index in [-0.39, 0.29) is 5.91 Å². The van der Waals surface area contributed by atoms with Gasteiger partial charge in [0.1, 0.15) is 5.60 Å². The highest BCUT2D eigenvalue weighted by Crippen LogP contribution is 2.44. The molecule has 29 heavy (non-hydrogen) atoms. The number of amides is 1. The van der Waals surface area contributed by atoms with Gasteiger partial charge in [-0.15, -0.1) is 0 Å². The lowest BCUT2D eigenvalue weighted by Crippen LogP contribution is -2.48. The van der Waals surface area contributed by atoms with Gasteiger partial charge in [0.05, 0.1) is 5.71 Å². The van der Waals surface area contributed by atoms with E-state index in [1.807, 2.05) is 13.8 Å². The van der Waals surface area contributed by atoms with Crippen molar-refractivity contribution in [2.45, 2.75) is 39.7 Å². The third-order valence-electron chi connectivity index (χ3n) is 5.05. The van der Waals surface area contributed by atoms with Crippen LogP contribution in [0.3, 0.4) is 0 Å². The number of hydrogen-bond donors (Lipinski definition) is 4. The Morgan fingerprint density at radius 3 is 2.41 bits per heavy atom. The second kappa shape index (κ2) is 8.45. The number of allylic oxidation sites excluding steroid dienone is 3. The summed E-state index contributed by atoms with van der Waals surface area (Å²) in [6, 6.07) is 6.52. The number of aliphatic carboxylic acids is 1. The summed E-state index contributed by atoms with van der Waals surface area (Å²) in [5.41, 5.74) is 9.07. The molecular formula is C22H27N3O4. The van der Waals surface area contributed by atoms with E-state index in [1.54, 1.807) is 56.3 Å². The van der Waals surface area contributed by atoms with Gasteiger partial charge in [0.25, 0.3) is 5.91 Å². The van der Waals surface area contributed by atoms with Gasteiger partial charge in [-0.05, 0) is 67.8 Å². The fraction of sp³-hybridized carbons (Fsp3) is 0.318. The Labute approximate surface area is 170 Å². The molecule has 0 aromatic heterocycles. The molecule has 154 valence electrons. The number of carboxylic acid groups (broad SMARTS) is 1. The summed E-state index contributed by atoms with van der Waals surface area (Å²) in [6.45, 7) is 7.21. The fourth-order valence-electron chi connectivity index (χ4n) is 3.28. The number of nitrogens with two attached hydrogens (primary N) is 1. The maximum absolute atomic E-state index is 12.2. The molecule has 1 aromatic rings. The highest BCUT2D eigenvalue weighted by Gasteiger charge is 2.46. The van der Waals surface area contributed by atoms with Crippen LogP contribution in [0.15, 0.2) is 64.8 Å². The van der Waals surface area contributed by atoms with Crippen molar-refractivity contribution in [1.82, 2.24) is 5.43 Å². The van der Waals surface area contributed by atoms with E-state index < -0.39 is 17.0 Å². The molecule has 0 fully saturated rings. The van der Waals surface area contributed by atoms with Gasteiger partial charge in [-0.3, -0.25) is 4.79 Å². The number of anilines is 1. The van der Waals surface area contributed by atoms with E-state index in [9.17, 15) is 14.7 Å². The zero-order valence-corrected chi connectivity index (χ0v) is 17.1. The van der Waals surface area contributed by atoms with E-state index in [1.165, 1.54) is 0 Å². The zero-order chi connectivity index (χ0) is 21.8. The van der Waals surface area contributed by atoms with Crippen LogP contribution in [0.4, 0.5) is 5.69 Å². The van der Waals surface area contributed by atoms with Crippen LogP contribution in [-0.2, 0) is 4.79 Å². The molecule has 1 aliphatic carbocycles. The quantitative estimate of drug-likeness (QED) is 0.263. The minimum Gasteiger partial charge on any atom is -0.478 e. The Morgan fingerprint density at radius 2 is 1.86 bits per heavy atom. The Bertz CT molecular complexity index is 924. The summed E-state index contributed by atoms with van der Waals surface area (Å²) in [7, 11) is 0. The maximum Gasteiger partial charge on any atom is 0.328 e. The van der Waals surface area contributed by atoms with Gasteiger partial charge >= 0.3 is 5.97 Å². The van der Waals surface area contributed by atoms with E-state index in [2.05, 4.69) is 10.5 Å². The molecule has 0 bridgehead atoms. The first kappa shape index (κ1) is 22.1. The minimum absolute atomic E-state index is 0.350. The highest BCUT2D eigenvalue weighted by molar-refractivity contribution is 6.00. The molecular weight excluding hydrogens is 370 g/mol. The summed E-state index contributed by atoms with van der Waals surface area (Å²) in [4.78, 5) is 23.0. The number of hydrazone groups is 1. The minimum atomic E-state index is -1.28. The fourth-order valence-corrected chi connectivity index (χ4v) is 3.28. The van der Waals surface area contributed by atoms with Gasteiger partial charge in [-0.1, -0.05) is 19.9 Å². The third kappa shape index (κ3) is 5.20.